The van der Waals surface area contributed by atoms with Gasteiger partial charge in [-0.2, -0.15) is 5.10 Å². The van der Waals surface area contributed by atoms with E-state index >= 15 is 0 Å². The number of amides is 1. The number of carbonyl (C=O) groups is 1. The maximum atomic E-state index is 12.3. The van der Waals surface area contributed by atoms with E-state index in [1.165, 1.54) is 0 Å². The predicted octanol–water partition coefficient (Wildman–Crippen LogP) is 3.65. The predicted molar refractivity (Wildman–Crippen MR) is 89.7 cm³/mol. The fourth-order valence-corrected chi connectivity index (χ4v) is 2.32. The number of carbonyl (C=O) groups excluding carboxylic acids is 1. The molecule has 23 heavy (non-hydrogen) atoms. The molecule has 1 aromatic heterocycles. The average molecular weight is 307 g/mol. The van der Waals surface area contributed by atoms with Crippen molar-refractivity contribution < 1.29 is 9.53 Å². The number of nitrogens with zero attached hydrogens (tertiary/aromatic N) is 1. The van der Waals surface area contributed by atoms with E-state index in [0.29, 0.717) is 11.3 Å². The van der Waals surface area contributed by atoms with Crippen molar-refractivity contribution in [3.63, 3.8) is 0 Å². The van der Waals surface area contributed by atoms with Crippen LogP contribution in [-0.2, 0) is 0 Å². The molecule has 0 spiro atoms. The van der Waals surface area contributed by atoms with Crippen LogP contribution in [0.3, 0.4) is 0 Å². The summed E-state index contributed by atoms with van der Waals surface area (Å²) in [6.07, 6.45) is 0. The van der Waals surface area contributed by atoms with E-state index < -0.39 is 0 Å². The average Bonchev–Trinajstić information content (AvgIpc) is 3.02. The van der Waals surface area contributed by atoms with Gasteiger partial charge in [0.05, 0.1) is 18.4 Å². The van der Waals surface area contributed by atoms with Crippen LogP contribution in [0.5, 0.6) is 5.75 Å². The first-order valence-electron chi connectivity index (χ1n) is 7.24. The number of nitrogens with one attached hydrogen (secondary N) is 2. The van der Waals surface area contributed by atoms with Crippen molar-refractivity contribution in [3.8, 4) is 17.0 Å². The normalized spacial score (nSPS) is 10.3. The number of aromatic amines is 1. The highest BCUT2D eigenvalue weighted by molar-refractivity contribution is 6.06. The Hall–Kier alpha value is -3.08. The fourth-order valence-electron chi connectivity index (χ4n) is 2.32. The van der Waals surface area contributed by atoms with Gasteiger partial charge in [-0.1, -0.05) is 24.3 Å². The van der Waals surface area contributed by atoms with Gasteiger partial charge in [-0.05, 0) is 37.3 Å². The minimum absolute atomic E-state index is 0.203. The smallest absolute Gasteiger partial charge is 0.259 e. The van der Waals surface area contributed by atoms with E-state index in [0.717, 1.165) is 22.6 Å². The largest absolute Gasteiger partial charge is 0.496 e. The number of hydrogen-bond acceptors (Lipinski definition) is 3. The van der Waals surface area contributed by atoms with Crippen molar-refractivity contribution in [2.45, 2.75) is 6.92 Å². The third-order valence-electron chi connectivity index (χ3n) is 3.50. The Balaban J connectivity index is 1.77. The second kappa shape index (κ2) is 6.36. The summed E-state index contributed by atoms with van der Waals surface area (Å²) in [5.74, 6) is 0.347. The number of H-pyrrole nitrogens is 1. The summed E-state index contributed by atoms with van der Waals surface area (Å²) < 4.78 is 5.21. The lowest BCUT2D eigenvalue weighted by Crippen LogP contribution is -2.12. The molecule has 5 nitrogen and oxygen atoms in total. The monoisotopic (exact) mass is 307 g/mol. The number of ether oxygens (including phenoxy) is 1. The second-order valence-electron chi connectivity index (χ2n) is 5.17. The standard InChI is InChI=1S/C18H17N3O2/c1-12-11-16(21-20-12)13-7-9-14(10-8-13)19-18(22)15-5-3-4-6-17(15)23-2/h3-11H,1-2H3,(H,19,22)(H,20,21). The molecule has 3 aromatic rings. The number of hydrogen-bond donors (Lipinski definition) is 2. The maximum absolute atomic E-state index is 12.3. The number of benzene rings is 2. The summed E-state index contributed by atoms with van der Waals surface area (Å²) in [6.45, 7) is 1.96. The van der Waals surface area contributed by atoms with E-state index in [2.05, 4.69) is 15.5 Å². The number of methoxy groups -OCH3 is 1. The van der Waals surface area contributed by atoms with Crippen molar-refractivity contribution in [3.05, 3.63) is 65.9 Å². The lowest BCUT2D eigenvalue weighted by molar-refractivity contribution is 0.102. The van der Waals surface area contributed by atoms with Crippen LogP contribution in [0.25, 0.3) is 11.3 Å². The van der Waals surface area contributed by atoms with E-state index in [1.54, 1.807) is 25.3 Å². The second-order valence-corrected chi connectivity index (χ2v) is 5.17. The van der Waals surface area contributed by atoms with Crippen LogP contribution >= 0.6 is 0 Å². The summed E-state index contributed by atoms with van der Waals surface area (Å²) >= 11 is 0. The summed E-state index contributed by atoms with van der Waals surface area (Å²) in [7, 11) is 1.55. The van der Waals surface area contributed by atoms with Gasteiger partial charge in [-0.25, -0.2) is 0 Å². The maximum Gasteiger partial charge on any atom is 0.259 e. The van der Waals surface area contributed by atoms with E-state index in [4.69, 9.17) is 4.74 Å². The van der Waals surface area contributed by atoms with Crippen LogP contribution in [0.1, 0.15) is 16.1 Å². The van der Waals surface area contributed by atoms with E-state index in [1.807, 2.05) is 43.3 Å². The van der Waals surface area contributed by atoms with Crippen LogP contribution in [0.2, 0.25) is 0 Å². The molecule has 0 aliphatic rings. The Bertz CT molecular complexity index is 822. The van der Waals surface area contributed by atoms with Gasteiger partial charge in [-0.3, -0.25) is 9.89 Å². The zero-order valence-corrected chi connectivity index (χ0v) is 13.0. The molecule has 2 aromatic carbocycles. The third kappa shape index (κ3) is 3.23. The Labute approximate surface area is 134 Å². The molecule has 0 unspecified atom stereocenters. The van der Waals surface area contributed by atoms with Gasteiger partial charge in [0.25, 0.3) is 5.91 Å². The molecule has 2 N–H and O–H groups in total. The molecule has 1 heterocycles. The number of aryl methyl sites for hydroxylation is 1. The van der Waals surface area contributed by atoms with Gasteiger partial charge in [0.15, 0.2) is 0 Å². The number of anilines is 1. The zero-order valence-electron chi connectivity index (χ0n) is 13.0. The number of aromatic nitrogens is 2. The molecule has 0 saturated heterocycles. The zero-order chi connectivity index (χ0) is 16.2. The quantitative estimate of drug-likeness (QED) is 0.773. The van der Waals surface area contributed by atoms with Crippen molar-refractivity contribution >= 4 is 11.6 Å². The van der Waals surface area contributed by atoms with Crippen LogP contribution in [0.15, 0.2) is 54.6 Å². The molecule has 0 fully saturated rings. The lowest BCUT2D eigenvalue weighted by atomic mass is 10.1. The molecule has 5 heteroatoms. The SMILES string of the molecule is COc1ccccc1C(=O)Nc1ccc(-c2cc(C)[nH]n2)cc1. The Morgan fingerprint density at radius 3 is 2.52 bits per heavy atom. The van der Waals surface area contributed by atoms with Gasteiger partial charge >= 0.3 is 0 Å². The molecular weight excluding hydrogens is 290 g/mol. The molecule has 3 rings (SSSR count). The van der Waals surface area contributed by atoms with Crippen molar-refractivity contribution in [1.82, 2.24) is 10.2 Å². The number of para-hydroxylation sites is 1. The summed E-state index contributed by atoms with van der Waals surface area (Å²) in [4.78, 5) is 12.3. The summed E-state index contributed by atoms with van der Waals surface area (Å²) in [5.41, 5.74) is 4.10. The van der Waals surface area contributed by atoms with Gasteiger partial charge in [0, 0.05) is 16.9 Å². The number of rotatable bonds is 4. The van der Waals surface area contributed by atoms with Crippen LogP contribution < -0.4 is 10.1 Å². The topological polar surface area (TPSA) is 67.0 Å². The molecular formula is C18H17N3O2. The summed E-state index contributed by atoms with van der Waals surface area (Å²) in [6, 6.07) is 16.7. The molecule has 0 radical (unpaired) electrons. The molecule has 0 saturated carbocycles. The Kier molecular flexibility index (Phi) is 4.10. The fraction of sp³-hybridized carbons (Fsp3) is 0.111. The lowest BCUT2D eigenvalue weighted by Gasteiger charge is -2.09. The minimum atomic E-state index is -0.203. The first-order valence-corrected chi connectivity index (χ1v) is 7.24. The van der Waals surface area contributed by atoms with Gasteiger partial charge < -0.3 is 10.1 Å². The Morgan fingerprint density at radius 2 is 1.87 bits per heavy atom. The molecule has 116 valence electrons. The van der Waals surface area contributed by atoms with Crippen LogP contribution in [-0.4, -0.2) is 23.2 Å². The van der Waals surface area contributed by atoms with Gasteiger partial charge in [-0.15, -0.1) is 0 Å². The molecule has 0 bridgehead atoms. The first kappa shape index (κ1) is 14.8. The molecule has 0 aliphatic carbocycles. The highest BCUT2D eigenvalue weighted by atomic mass is 16.5. The molecule has 1 amide bonds. The van der Waals surface area contributed by atoms with Crippen molar-refractivity contribution in [2.24, 2.45) is 0 Å². The van der Waals surface area contributed by atoms with Gasteiger partial charge in [0.2, 0.25) is 0 Å². The highest BCUT2D eigenvalue weighted by Gasteiger charge is 2.11. The Morgan fingerprint density at radius 1 is 1.13 bits per heavy atom. The highest BCUT2D eigenvalue weighted by Crippen LogP contribution is 2.22. The van der Waals surface area contributed by atoms with E-state index in [9.17, 15) is 4.79 Å². The van der Waals surface area contributed by atoms with Gasteiger partial charge in [0.1, 0.15) is 5.75 Å². The van der Waals surface area contributed by atoms with Crippen LogP contribution in [0, 0.1) is 6.92 Å². The van der Waals surface area contributed by atoms with Crippen LogP contribution in [0.4, 0.5) is 5.69 Å². The third-order valence-corrected chi connectivity index (χ3v) is 3.50. The summed E-state index contributed by atoms with van der Waals surface area (Å²) in [5, 5.41) is 10.0. The van der Waals surface area contributed by atoms with Crippen molar-refractivity contribution in [1.29, 1.82) is 0 Å². The molecule has 0 aliphatic heterocycles. The van der Waals surface area contributed by atoms with E-state index in [-0.39, 0.29) is 5.91 Å². The molecule has 0 atom stereocenters. The first-order chi connectivity index (χ1) is 11.2. The minimum Gasteiger partial charge on any atom is -0.496 e. The van der Waals surface area contributed by atoms with Crippen molar-refractivity contribution in [2.75, 3.05) is 12.4 Å².